The Kier molecular flexibility index (Phi) is 0.777. The molecule has 0 aromatic heterocycles. The van der Waals surface area contributed by atoms with Crippen molar-refractivity contribution in [3.05, 3.63) is 0 Å². The molecule has 9 heavy (non-hydrogen) atoms. The normalized spacial score (nSPS) is 23.8. The number of ether oxygens (including phenoxy) is 1. The summed E-state index contributed by atoms with van der Waals surface area (Å²) in [6.45, 7) is 1.55. The summed E-state index contributed by atoms with van der Waals surface area (Å²) in [5.74, 6) is 0.0579. The summed E-state index contributed by atoms with van der Waals surface area (Å²) in [4.78, 5) is 16.2. The summed E-state index contributed by atoms with van der Waals surface area (Å²) in [7, 11) is 0. The van der Waals surface area contributed by atoms with Gasteiger partial charge < -0.3 is 4.74 Å². The van der Waals surface area contributed by atoms with Crippen LogP contribution in [0.25, 0.3) is 0 Å². The molecule has 0 bridgehead atoms. The highest BCUT2D eigenvalue weighted by atomic mass is 16.5. The maximum absolute atomic E-state index is 10.8. The summed E-state index contributed by atoms with van der Waals surface area (Å²) in [6, 6.07) is 0.514. The molecule has 4 nitrogen and oxygen atoms in total. The number of carbonyl (C=O) groups is 1. The van der Waals surface area contributed by atoms with Gasteiger partial charge in [-0.1, -0.05) is 0 Å². The second-order valence-electron chi connectivity index (χ2n) is 1.99. The summed E-state index contributed by atoms with van der Waals surface area (Å²) >= 11 is 0. The van der Waals surface area contributed by atoms with Crippen molar-refractivity contribution in [2.75, 3.05) is 19.7 Å². The number of rotatable bonds is 0. The highest BCUT2D eigenvalue weighted by molar-refractivity contribution is 6.01. The first-order valence-corrected chi connectivity index (χ1v) is 2.85. The summed E-state index contributed by atoms with van der Waals surface area (Å²) < 4.78 is 5.00. The van der Waals surface area contributed by atoms with Gasteiger partial charge in [0.15, 0.2) is 0 Å². The van der Waals surface area contributed by atoms with Crippen LogP contribution in [0.1, 0.15) is 0 Å². The zero-order chi connectivity index (χ0) is 6.27. The molecule has 1 amide bonds. The van der Waals surface area contributed by atoms with Gasteiger partial charge in [0, 0.05) is 0 Å². The molecule has 2 aliphatic heterocycles. The fourth-order valence-electron chi connectivity index (χ4n) is 0.985. The molecule has 0 aliphatic carbocycles. The first-order chi connectivity index (χ1) is 4.38. The molecule has 2 aliphatic rings. The van der Waals surface area contributed by atoms with Crippen LogP contribution in [0.2, 0.25) is 0 Å². The molecule has 0 unspecified atom stereocenters. The van der Waals surface area contributed by atoms with E-state index in [2.05, 4.69) is 4.99 Å². The topological polar surface area (TPSA) is 41.9 Å². The Hall–Kier alpha value is -1.06. The monoisotopic (exact) mass is 126 g/mol. The Bertz CT molecular complexity index is 187. The van der Waals surface area contributed by atoms with Crippen LogP contribution in [0, 0.1) is 0 Å². The molecule has 0 aromatic carbocycles. The first kappa shape index (κ1) is 4.78. The van der Waals surface area contributed by atoms with E-state index in [0.29, 0.717) is 19.2 Å². The summed E-state index contributed by atoms with van der Waals surface area (Å²) in [5.41, 5.74) is 0. The molecular weight excluding hydrogens is 120 g/mol. The average Bonchev–Trinajstić information content (AvgIpc) is 2.35. The van der Waals surface area contributed by atoms with E-state index in [9.17, 15) is 4.79 Å². The van der Waals surface area contributed by atoms with Crippen LogP contribution < -0.4 is 0 Å². The minimum absolute atomic E-state index is 0.0579. The molecule has 0 N–H and O–H groups in total. The number of hydrogen-bond acceptors (Lipinski definition) is 3. The van der Waals surface area contributed by atoms with E-state index >= 15 is 0 Å². The van der Waals surface area contributed by atoms with E-state index in [0.717, 1.165) is 0 Å². The Labute approximate surface area is 52.1 Å². The largest absolute Gasteiger partial charge is 0.463 e. The highest BCUT2D eigenvalue weighted by Gasteiger charge is 2.30. The first-order valence-electron chi connectivity index (χ1n) is 2.85. The lowest BCUT2D eigenvalue weighted by Crippen LogP contribution is -2.27. The SMILES string of the molecule is O=C1CN=C2OCCN12. The molecule has 0 radical (unpaired) electrons. The number of fused-ring (bicyclic) bond motifs is 1. The quantitative estimate of drug-likeness (QED) is 0.427. The van der Waals surface area contributed by atoms with Crippen LogP contribution in [-0.4, -0.2) is 36.5 Å². The molecule has 0 aromatic rings. The third-order valence-electron chi connectivity index (χ3n) is 1.43. The predicted molar refractivity (Wildman–Crippen MR) is 30.0 cm³/mol. The van der Waals surface area contributed by atoms with Crippen LogP contribution in [0.15, 0.2) is 4.99 Å². The molecule has 4 heteroatoms. The van der Waals surface area contributed by atoms with Gasteiger partial charge in [0.2, 0.25) is 0 Å². The van der Waals surface area contributed by atoms with Crippen molar-refractivity contribution in [3.63, 3.8) is 0 Å². The Morgan fingerprint density at radius 2 is 2.56 bits per heavy atom. The maximum Gasteiger partial charge on any atom is 0.294 e. The van der Waals surface area contributed by atoms with Gasteiger partial charge in [-0.25, -0.2) is 4.99 Å². The van der Waals surface area contributed by atoms with Crippen molar-refractivity contribution in [2.45, 2.75) is 0 Å². The lowest BCUT2D eigenvalue weighted by molar-refractivity contribution is -0.124. The second-order valence-corrected chi connectivity index (χ2v) is 1.99. The van der Waals surface area contributed by atoms with Crippen LogP contribution in [-0.2, 0) is 9.53 Å². The van der Waals surface area contributed by atoms with Crippen molar-refractivity contribution in [1.82, 2.24) is 4.90 Å². The summed E-state index contributed by atoms with van der Waals surface area (Å²) in [6.07, 6.45) is 0. The van der Waals surface area contributed by atoms with Gasteiger partial charge in [-0.05, 0) is 0 Å². The Balaban J connectivity index is 2.28. The molecular formula is C5H6N2O2. The van der Waals surface area contributed by atoms with Gasteiger partial charge in [-0.3, -0.25) is 9.69 Å². The van der Waals surface area contributed by atoms with Gasteiger partial charge in [0.1, 0.15) is 13.2 Å². The molecule has 2 heterocycles. The summed E-state index contributed by atoms with van der Waals surface area (Å²) in [5, 5.41) is 0. The predicted octanol–water partition coefficient (Wildman–Crippen LogP) is -0.785. The molecule has 0 atom stereocenters. The minimum atomic E-state index is 0.0579. The van der Waals surface area contributed by atoms with Crippen molar-refractivity contribution in [1.29, 1.82) is 0 Å². The van der Waals surface area contributed by atoms with Crippen molar-refractivity contribution in [3.8, 4) is 0 Å². The standard InChI is InChI=1S/C5H6N2O2/c8-4-3-6-5-7(4)1-2-9-5/h1-3H2. The van der Waals surface area contributed by atoms with E-state index in [1.54, 1.807) is 4.90 Å². The van der Waals surface area contributed by atoms with Crippen molar-refractivity contribution >= 4 is 11.9 Å². The number of amidine groups is 1. The van der Waals surface area contributed by atoms with E-state index in [4.69, 9.17) is 4.74 Å². The van der Waals surface area contributed by atoms with Gasteiger partial charge in [-0.15, -0.1) is 0 Å². The number of amides is 1. The number of aliphatic imine (C=N–C) groups is 1. The zero-order valence-electron chi connectivity index (χ0n) is 4.83. The maximum atomic E-state index is 10.8. The van der Waals surface area contributed by atoms with E-state index in [-0.39, 0.29) is 12.5 Å². The van der Waals surface area contributed by atoms with Crippen LogP contribution in [0.4, 0.5) is 0 Å². The minimum Gasteiger partial charge on any atom is -0.463 e. The molecule has 2 rings (SSSR count). The second kappa shape index (κ2) is 1.46. The highest BCUT2D eigenvalue weighted by Crippen LogP contribution is 2.09. The van der Waals surface area contributed by atoms with Gasteiger partial charge >= 0.3 is 0 Å². The third kappa shape index (κ3) is 0.526. The van der Waals surface area contributed by atoms with E-state index in [1.165, 1.54) is 0 Å². The van der Waals surface area contributed by atoms with Crippen molar-refractivity contribution in [2.24, 2.45) is 4.99 Å². The lowest BCUT2D eigenvalue weighted by Gasteiger charge is -2.02. The number of carbonyl (C=O) groups excluding carboxylic acids is 1. The number of hydrogen-bond donors (Lipinski definition) is 0. The Morgan fingerprint density at radius 1 is 1.67 bits per heavy atom. The Morgan fingerprint density at radius 3 is 3.33 bits per heavy atom. The van der Waals surface area contributed by atoms with Crippen LogP contribution >= 0.6 is 0 Å². The molecule has 48 valence electrons. The lowest BCUT2D eigenvalue weighted by atomic mass is 10.5. The van der Waals surface area contributed by atoms with E-state index < -0.39 is 0 Å². The van der Waals surface area contributed by atoms with Crippen molar-refractivity contribution < 1.29 is 9.53 Å². The van der Waals surface area contributed by atoms with Gasteiger partial charge in [-0.2, -0.15) is 0 Å². The van der Waals surface area contributed by atoms with Crippen LogP contribution in [0.3, 0.4) is 0 Å². The fraction of sp³-hybridized carbons (Fsp3) is 0.600. The van der Waals surface area contributed by atoms with Crippen LogP contribution in [0.5, 0.6) is 0 Å². The number of nitrogens with zero attached hydrogens (tertiary/aromatic N) is 2. The molecule has 1 saturated heterocycles. The molecule has 1 fully saturated rings. The zero-order valence-corrected chi connectivity index (χ0v) is 4.83. The fourth-order valence-corrected chi connectivity index (χ4v) is 0.985. The molecule has 0 spiro atoms. The molecule has 0 saturated carbocycles. The third-order valence-corrected chi connectivity index (χ3v) is 1.43. The smallest absolute Gasteiger partial charge is 0.294 e. The van der Waals surface area contributed by atoms with Gasteiger partial charge in [0.25, 0.3) is 11.9 Å². The van der Waals surface area contributed by atoms with Gasteiger partial charge in [0.05, 0.1) is 6.54 Å². The average molecular weight is 126 g/mol. The van der Waals surface area contributed by atoms with E-state index in [1.807, 2.05) is 0 Å².